The normalized spacial score (nSPS) is 12.2. The summed E-state index contributed by atoms with van der Waals surface area (Å²) in [5.74, 6) is 0.359. The van der Waals surface area contributed by atoms with Gasteiger partial charge in [0.2, 0.25) is 5.89 Å². The van der Waals surface area contributed by atoms with E-state index in [1.54, 1.807) is 13.1 Å². The van der Waals surface area contributed by atoms with Crippen molar-refractivity contribution in [3.05, 3.63) is 40.7 Å². The lowest BCUT2D eigenvalue weighted by Crippen LogP contribution is -2.10. The summed E-state index contributed by atoms with van der Waals surface area (Å²) in [6, 6.07) is 1.07. The van der Waals surface area contributed by atoms with Crippen molar-refractivity contribution in [1.82, 2.24) is 9.97 Å². The predicted octanol–water partition coefficient (Wildman–Crippen LogP) is 2.90. The van der Waals surface area contributed by atoms with E-state index in [2.05, 4.69) is 15.3 Å². The average molecular weight is 282 g/mol. The molecule has 0 aliphatic heterocycles. The molecule has 2 heterocycles. The highest BCUT2D eigenvalue weighted by atomic mass is 35.5. The lowest BCUT2D eigenvalue weighted by atomic mass is 10.2. The van der Waals surface area contributed by atoms with Crippen LogP contribution in [0.4, 0.5) is 5.82 Å². The van der Waals surface area contributed by atoms with Gasteiger partial charge in [-0.15, -0.1) is 0 Å². The van der Waals surface area contributed by atoms with Crippen molar-refractivity contribution in [2.45, 2.75) is 19.9 Å². The molecule has 100 valence electrons. The first-order valence-electron chi connectivity index (χ1n) is 5.55. The number of aromatic nitrogens is 2. The predicted molar refractivity (Wildman–Crippen MR) is 69.5 cm³/mol. The third kappa shape index (κ3) is 2.85. The molecule has 1 atom stereocenters. The van der Waals surface area contributed by atoms with Crippen molar-refractivity contribution < 1.29 is 14.3 Å². The van der Waals surface area contributed by atoms with E-state index in [1.807, 2.05) is 6.92 Å². The number of oxazole rings is 1. The van der Waals surface area contributed by atoms with Crippen LogP contribution in [0.2, 0.25) is 5.02 Å². The van der Waals surface area contributed by atoms with E-state index in [1.165, 1.54) is 12.3 Å². The second-order valence-electron chi connectivity index (χ2n) is 4.00. The summed E-state index contributed by atoms with van der Waals surface area (Å²) in [6.07, 6.45) is 2.99. The highest BCUT2D eigenvalue weighted by Crippen LogP contribution is 2.27. The maximum Gasteiger partial charge on any atom is 0.337 e. The van der Waals surface area contributed by atoms with Crippen LogP contribution in [0.3, 0.4) is 0 Å². The number of aromatic carboxylic acids is 1. The van der Waals surface area contributed by atoms with Crippen LogP contribution in [-0.4, -0.2) is 21.0 Å². The van der Waals surface area contributed by atoms with Gasteiger partial charge in [-0.2, -0.15) is 0 Å². The van der Waals surface area contributed by atoms with Crippen LogP contribution in [0.15, 0.2) is 22.9 Å². The van der Waals surface area contributed by atoms with E-state index in [4.69, 9.17) is 21.1 Å². The van der Waals surface area contributed by atoms with Crippen LogP contribution in [0, 0.1) is 6.92 Å². The smallest absolute Gasteiger partial charge is 0.337 e. The number of carboxylic acid groups (broad SMARTS) is 1. The topological polar surface area (TPSA) is 88.2 Å². The molecule has 2 rings (SSSR count). The Kier molecular flexibility index (Phi) is 3.71. The molecule has 2 N–H and O–H groups in total. The Morgan fingerprint density at radius 1 is 1.53 bits per heavy atom. The molecule has 0 saturated carbocycles. The fourth-order valence-corrected chi connectivity index (χ4v) is 1.80. The quantitative estimate of drug-likeness (QED) is 0.896. The number of pyridine rings is 1. The largest absolute Gasteiger partial charge is 0.478 e. The molecule has 0 saturated heterocycles. The molecule has 6 nitrogen and oxygen atoms in total. The van der Waals surface area contributed by atoms with Gasteiger partial charge < -0.3 is 14.8 Å². The Hall–Kier alpha value is -2.08. The molecular weight excluding hydrogens is 270 g/mol. The zero-order valence-electron chi connectivity index (χ0n) is 10.3. The van der Waals surface area contributed by atoms with Gasteiger partial charge >= 0.3 is 5.97 Å². The second kappa shape index (κ2) is 5.27. The average Bonchev–Trinajstić information content (AvgIpc) is 2.78. The molecule has 2 aromatic rings. The van der Waals surface area contributed by atoms with Crippen molar-refractivity contribution in [2.24, 2.45) is 0 Å². The van der Waals surface area contributed by atoms with Gasteiger partial charge in [0, 0.05) is 6.20 Å². The molecular formula is C12H12ClN3O3. The van der Waals surface area contributed by atoms with Gasteiger partial charge in [0.05, 0.1) is 16.8 Å². The van der Waals surface area contributed by atoms with Crippen LogP contribution in [0.5, 0.6) is 0 Å². The van der Waals surface area contributed by atoms with Crippen LogP contribution < -0.4 is 5.32 Å². The summed E-state index contributed by atoms with van der Waals surface area (Å²) in [6.45, 7) is 3.61. The van der Waals surface area contributed by atoms with E-state index in [0.717, 1.165) is 0 Å². The van der Waals surface area contributed by atoms with Gasteiger partial charge in [-0.25, -0.2) is 14.8 Å². The zero-order chi connectivity index (χ0) is 14.0. The Morgan fingerprint density at radius 2 is 2.26 bits per heavy atom. The van der Waals surface area contributed by atoms with Gasteiger partial charge in [-0.3, -0.25) is 0 Å². The summed E-state index contributed by atoms with van der Waals surface area (Å²) < 4.78 is 5.37. The highest BCUT2D eigenvalue weighted by Gasteiger charge is 2.17. The SMILES string of the molecule is Cc1cnc(C(C)Nc2nccc(C(=O)O)c2Cl)o1. The number of aryl methyl sites for hydroxylation is 1. The van der Waals surface area contributed by atoms with Crippen molar-refractivity contribution in [1.29, 1.82) is 0 Å². The summed E-state index contributed by atoms with van der Waals surface area (Å²) >= 11 is 5.98. The number of hydrogen-bond acceptors (Lipinski definition) is 5. The highest BCUT2D eigenvalue weighted by molar-refractivity contribution is 6.35. The van der Waals surface area contributed by atoms with E-state index < -0.39 is 5.97 Å². The minimum Gasteiger partial charge on any atom is -0.478 e. The van der Waals surface area contributed by atoms with Crippen LogP contribution in [0.1, 0.15) is 35.0 Å². The minimum absolute atomic E-state index is 0.00467. The van der Waals surface area contributed by atoms with Crippen molar-refractivity contribution in [2.75, 3.05) is 5.32 Å². The maximum atomic E-state index is 11.0. The Morgan fingerprint density at radius 3 is 2.84 bits per heavy atom. The number of nitrogens with zero attached hydrogens (tertiary/aromatic N) is 2. The van der Waals surface area contributed by atoms with E-state index in [9.17, 15) is 4.79 Å². The fraction of sp³-hybridized carbons (Fsp3) is 0.250. The molecule has 0 amide bonds. The molecule has 2 aromatic heterocycles. The van der Waals surface area contributed by atoms with Crippen LogP contribution in [0.25, 0.3) is 0 Å². The van der Waals surface area contributed by atoms with Crippen molar-refractivity contribution in [3.8, 4) is 0 Å². The van der Waals surface area contributed by atoms with Gasteiger partial charge in [-0.05, 0) is 19.9 Å². The number of nitrogens with one attached hydrogen (secondary N) is 1. The molecule has 0 radical (unpaired) electrons. The van der Waals surface area contributed by atoms with Crippen molar-refractivity contribution in [3.63, 3.8) is 0 Å². The Labute approximate surface area is 114 Å². The molecule has 0 aliphatic rings. The van der Waals surface area contributed by atoms with Crippen LogP contribution in [-0.2, 0) is 0 Å². The van der Waals surface area contributed by atoms with Gasteiger partial charge in [0.1, 0.15) is 17.6 Å². The zero-order valence-corrected chi connectivity index (χ0v) is 11.1. The summed E-state index contributed by atoms with van der Waals surface area (Å²) in [5, 5.41) is 12.0. The van der Waals surface area contributed by atoms with Crippen molar-refractivity contribution >= 4 is 23.4 Å². The number of halogens is 1. The molecule has 0 aromatic carbocycles. The lowest BCUT2D eigenvalue weighted by molar-refractivity contribution is 0.0697. The number of hydrogen-bond donors (Lipinski definition) is 2. The monoisotopic (exact) mass is 281 g/mol. The van der Waals surface area contributed by atoms with E-state index >= 15 is 0 Å². The summed E-state index contributed by atoms with van der Waals surface area (Å²) in [5.41, 5.74) is -0.00467. The minimum atomic E-state index is -1.10. The van der Waals surface area contributed by atoms with Gasteiger partial charge in [0.25, 0.3) is 0 Å². The van der Waals surface area contributed by atoms with E-state index in [0.29, 0.717) is 11.7 Å². The first-order valence-corrected chi connectivity index (χ1v) is 5.93. The third-order valence-corrected chi connectivity index (χ3v) is 2.87. The molecule has 7 heteroatoms. The Balaban J connectivity index is 2.24. The van der Waals surface area contributed by atoms with Gasteiger partial charge in [0.15, 0.2) is 0 Å². The van der Waals surface area contributed by atoms with Crippen LogP contribution >= 0.6 is 11.6 Å². The third-order valence-electron chi connectivity index (χ3n) is 2.48. The second-order valence-corrected chi connectivity index (χ2v) is 4.38. The number of carboxylic acids is 1. The van der Waals surface area contributed by atoms with E-state index in [-0.39, 0.29) is 22.4 Å². The molecule has 0 fully saturated rings. The summed E-state index contributed by atoms with van der Waals surface area (Å²) in [7, 11) is 0. The standard InChI is InChI=1S/C12H12ClN3O3/c1-6-5-15-11(19-6)7(2)16-10-9(13)8(12(17)18)3-4-14-10/h3-5,7H,1-2H3,(H,14,16)(H,17,18). The summed E-state index contributed by atoms with van der Waals surface area (Å²) in [4.78, 5) is 19.1. The fourth-order valence-electron chi connectivity index (χ4n) is 1.55. The number of rotatable bonds is 4. The number of carbonyl (C=O) groups is 1. The first-order chi connectivity index (χ1) is 8.99. The molecule has 0 aliphatic carbocycles. The lowest BCUT2D eigenvalue weighted by Gasteiger charge is -2.13. The molecule has 19 heavy (non-hydrogen) atoms. The maximum absolute atomic E-state index is 11.0. The first kappa shape index (κ1) is 13.4. The Bertz CT molecular complexity index is 612. The van der Waals surface area contributed by atoms with Gasteiger partial charge in [-0.1, -0.05) is 11.6 Å². The molecule has 0 spiro atoms. The molecule has 0 bridgehead atoms. The molecule has 1 unspecified atom stereocenters. The number of anilines is 1.